The van der Waals surface area contributed by atoms with Gasteiger partial charge in [-0.15, -0.1) is 0 Å². The number of ether oxygens (including phenoxy) is 2. The van der Waals surface area contributed by atoms with Gasteiger partial charge in [-0.1, -0.05) is 48.5 Å². The Kier molecular flexibility index (Phi) is 4.28. The van der Waals surface area contributed by atoms with Crippen LogP contribution in [0.4, 0.5) is 4.39 Å². The van der Waals surface area contributed by atoms with Gasteiger partial charge in [0.1, 0.15) is 17.1 Å². The number of hydrogen-bond acceptors (Lipinski definition) is 4. The summed E-state index contributed by atoms with van der Waals surface area (Å²) in [5.41, 5.74) is 7.25. The molecule has 0 bridgehead atoms. The van der Waals surface area contributed by atoms with Gasteiger partial charge >= 0.3 is 5.97 Å². The number of nitrogens with two attached hydrogens (primary N) is 1. The van der Waals surface area contributed by atoms with Crippen LogP contribution in [0.1, 0.15) is 24.0 Å². The van der Waals surface area contributed by atoms with Gasteiger partial charge in [0.15, 0.2) is 0 Å². The average molecular weight is 363 g/mol. The molecular weight excluding hydrogens is 345 g/mol. The first-order valence-electron chi connectivity index (χ1n) is 8.72. The zero-order valence-electron chi connectivity index (χ0n) is 14.7. The fourth-order valence-electron chi connectivity index (χ4n) is 3.57. The zero-order chi connectivity index (χ0) is 19.0. The first-order chi connectivity index (χ1) is 13.1. The summed E-state index contributed by atoms with van der Waals surface area (Å²) < 4.78 is 25.7. The standard InChI is InChI=1S/C22H18FNO3/c1-2-26-22(25)20-19(15-9-5-6-10-16(15)23)18-14-8-4-3-7-13(14)11-12-17(18)27-21(20)24/h3-12,19H,2,24H2,1H3/t19-/m0/s1. The van der Waals surface area contributed by atoms with Crippen LogP contribution in [0.2, 0.25) is 0 Å². The van der Waals surface area contributed by atoms with Crippen molar-refractivity contribution in [1.82, 2.24) is 0 Å². The van der Waals surface area contributed by atoms with E-state index in [1.54, 1.807) is 31.2 Å². The van der Waals surface area contributed by atoms with Crippen molar-refractivity contribution in [2.45, 2.75) is 12.8 Å². The van der Waals surface area contributed by atoms with E-state index in [4.69, 9.17) is 15.2 Å². The molecular formula is C22H18FNO3. The van der Waals surface area contributed by atoms with E-state index in [-0.39, 0.29) is 18.1 Å². The molecule has 4 nitrogen and oxygen atoms in total. The molecule has 0 aliphatic carbocycles. The minimum Gasteiger partial charge on any atom is -0.462 e. The third kappa shape index (κ3) is 2.81. The number of esters is 1. The largest absolute Gasteiger partial charge is 0.462 e. The zero-order valence-corrected chi connectivity index (χ0v) is 14.7. The van der Waals surface area contributed by atoms with E-state index in [9.17, 15) is 9.18 Å². The molecule has 0 amide bonds. The van der Waals surface area contributed by atoms with Gasteiger partial charge in [-0.3, -0.25) is 0 Å². The van der Waals surface area contributed by atoms with Crippen LogP contribution in [-0.2, 0) is 9.53 Å². The maximum atomic E-state index is 14.8. The molecule has 136 valence electrons. The predicted molar refractivity (Wildman–Crippen MR) is 101 cm³/mol. The van der Waals surface area contributed by atoms with Crippen molar-refractivity contribution in [3.63, 3.8) is 0 Å². The summed E-state index contributed by atoms with van der Waals surface area (Å²) in [6.07, 6.45) is 0. The minimum absolute atomic E-state index is 0.0653. The van der Waals surface area contributed by atoms with E-state index in [1.807, 2.05) is 30.3 Å². The molecule has 0 fully saturated rings. The van der Waals surface area contributed by atoms with Crippen molar-refractivity contribution in [2.24, 2.45) is 5.73 Å². The smallest absolute Gasteiger partial charge is 0.340 e. The lowest BCUT2D eigenvalue weighted by molar-refractivity contribution is -0.139. The van der Waals surface area contributed by atoms with Gasteiger partial charge in [-0.25, -0.2) is 9.18 Å². The van der Waals surface area contributed by atoms with Crippen LogP contribution in [-0.4, -0.2) is 12.6 Å². The Morgan fingerprint density at radius 1 is 1.11 bits per heavy atom. The van der Waals surface area contributed by atoms with Gasteiger partial charge in [-0.05, 0) is 29.8 Å². The summed E-state index contributed by atoms with van der Waals surface area (Å²) in [4.78, 5) is 12.7. The topological polar surface area (TPSA) is 61.5 Å². The molecule has 1 atom stereocenters. The maximum Gasteiger partial charge on any atom is 0.340 e. The van der Waals surface area contributed by atoms with E-state index in [2.05, 4.69) is 0 Å². The second-order valence-electron chi connectivity index (χ2n) is 6.25. The molecule has 5 heteroatoms. The number of hydrogen-bond donors (Lipinski definition) is 1. The summed E-state index contributed by atoms with van der Waals surface area (Å²) in [6.45, 7) is 1.89. The molecule has 0 unspecified atom stereocenters. The highest BCUT2D eigenvalue weighted by molar-refractivity contribution is 5.97. The lowest BCUT2D eigenvalue weighted by Gasteiger charge is -2.29. The molecule has 1 aliphatic rings. The average Bonchev–Trinajstić information content (AvgIpc) is 2.67. The van der Waals surface area contributed by atoms with Crippen LogP contribution < -0.4 is 10.5 Å². The lowest BCUT2D eigenvalue weighted by atomic mass is 9.80. The van der Waals surface area contributed by atoms with E-state index in [1.165, 1.54) is 6.07 Å². The number of carbonyl (C=O) groups excluding carboxylic acids is 1. The Labute approximate surface area is 156 Å². The van der Waals surface area contributed by atoms with Gasteiger partial charge in [0.05, 0.1) is 12.5 Å². The third-order valence-corrected chi connectivity index (χ3v) is 4.70. The maximum absolute atomic E-state index is 14.8. The van der Waals surface area contributed by atoms with Crippen molar-refractivity contribution in [2.75, 3.05) is 6.61 Å². The van der Waals surface area contributed by atoms with Crippen molar-refractivity contribution >= 4 is 16.7 Å². The monoisotopic (exact) mass is 363 g/mol. The molecule has 3 aromatic rings. The van der Waals surface area contributed by atoms with Crippen LogP contribution in [0.25, 0.3) is 10.8 Å². The number of fused-ring (bicyclic) bond motifs is 3. The van der Waals surface area contributed by atoms with Crippen molar-refractivity contribution < 1.29 is 18.7 Å². The normalized spacial score (nSPS) is 16.0. The molecule has 0 radical (unpaired) electrons. The number of benzene rings is 3. The van der Waals surface area contributed by atoms with Crippen molar-refractivity contribution in [3.05, 3.63) is 89.1 Å². The molecule has 0 saturated carbocycles. The summed E-state index contributed by atoms with van der Waals surface area (Å²) >= 11 is 0. The van der Waals surface area contributed by atoms with Crippen LogP contribution in [0, 0.1) is 5.82 Å². The van der Waals surface area contributed by atoms with Crippen LogP contribution >= 0.6 is 0 Å². The third-order valence-electron chi connectivity index (χ3n) is 4.70. The molecule has 0 aromatic heterocycles. The number of halogens is 1. The van der Waals surface area contributed by atoms with Crippen molar-refractivity contribution in [1.29, 1.82) is 0 Å². The Morgan fingerprint density at radius 3 is 2.63 bits per heavy atom. The summed E-state index contributed by atoms with van der Waals surface area (Å²) in [5.74, 6) is -1.31. The molecule has 1 aliphatic heterocycles. The van der Waals surface area contributed by atoms with Gasteiger partial charge < -0.3 is 15.2 Å². The van der Waals surface area contributed by atoms with E-state index >= 15 is 0 Å². The highest BCUT2D eigenvalue weighted by Gasteiger charge is 2.37. The summed E-state index contributed by atoms with van der Waals surface area (Å²) in [7, 11) is 0. The highest BCUT2D eigenvalue weighted by atomic mass is 19.1. The SMILES string of the molecule is CCOC(=O)C1=C(N)Oc2ccc3ccccc3c2[C@@H]1c1ccccc1F. The first kappa shape index (κ1) is 17.1. The van der Waals surface area contributed by atoms with E-state index < -0.39 is 17.7 Å². The lowest BCUT2D eigenvalue weighted by Crippen LogP contribution is -2.28. The van der Waals surface area contributed by atoms with Gasteiger partial charge in [-0.2, -0.15) is 0 Å². The number of carbonyl (C=O) groups is 1. The van der Waals surface area contributed by atoms with Gasteiger partial charge in [0.2, 0.25) is 5.88 Å². The van der Waals surface area contributed by atoms with Gasteiger partial charge in [0.25, 0.3) is 0 Å². The summed E-state index contributed by atoms with van der Waals surface area (Å²) in [6, 6.07) is 17.8. The van der Waals surface area contributed by atoms with Crippen LogP contribution in [0.15, 0.2) is 72.1 Å². The fourth-order valence-corrected chi connectivity index (χ4v) is 3.57. The van der Waals surface area contributed by atoms with E-state index in [0.717, 1.165) is 10.8 Å². The second-order valence-corrected chi connectivity index (χ2v) is 6.25. The highest BCUT2D eigenvalue weighted by Crippen LogP contribution is 2.46. The molecule has 0 spiro atoms. The molecule has 27 heavy (non-hydrogen) atoms. The molecule has 3 aromatic carbocycles. The van der Waals surface area contributed by atoms with Crippen LogP contribution in [0.5, 0.6) is 5.75 Å². The first-order valence-corrected chi connectivity index (χ1v) is 8.72. The molecule has 4 rings (SSSR count). The summed E-state index contributed by atoms with van der Waals surface area (Å²) in [5, 5.41) is 1.84. The molecule has 1 heterocycles. The van der Waals surface area contributed by atoms with Crippen molar-refractivity contribution in [3.8, 4) is 5.75 Å². The van der Waals surface area contributed by atoms with E-state index in [0.29, 0.717) is 16.9 Å². The predicted octanol–water partition coefficient (Wildman–Crippen LogP) is 4.24. The molecule has 2 N–H and O–H groups in total. The van der Waals surface area contributed by atoms with Gasteiger partial charge in [0, 0.05) is 11.1 Å². The van der Waals surface area contributed by atoms with Crippen LogP contribution in [0.3, 0.4) is 0 Å². The minimum atomic E-state index is -0.722. The fraction of sp³-hybridized carbons (Fsp3) is 0.136. The Bertz CT molecular complexity index is 1070. The molecule has 0 saturated heterocycles. The quantitative estimate of drug-likeness (QED) is 0.707. The number of rotatable bonds is 3. The Morgan fingerprint density at radius 2 is 1.85 bits per heavy atom. The second kappa shape index (κ2) is 6.76. The Balaban J connectivity index is 2.05. The Hall–Kier alpha value is -3.34.